The molecule has 10 heteroatoms. The summed E-state index contributed by atoms with van der Waals surface area (Å²) < 4.78 is 32.3. The number of methoxy groups -OCH3 is 1. The maximum atomic E-state index is 13.2. The molecule has 2 rings (SSSR count). The van der Waals surface area contributed by atoms with Crippen molar-refractivity contribution in [2.75, 3.05) is 13.7 Å². The van der Waals surface area contributed by atoms with Gasteiger partial charge in [-0.05, 0) is 42.3 Å². The van der Waals surface area contributed by atoms with E-state index in [0.717, 1.165) is 4.31 Å². The van der Waals surface area contributed by atoms with Crippen molar-refractivity contribution in [3.63, 3.8) is 0 Å². The fourth-order valence-electron chi connectivity index (χ4n) is 2.50. The molecule has 0 aliphatic rings. The molecule has 146 valence electrons. The Labute approximate surface area is 157 Å². The molecule has 2 aromatic rings. The van der Waals surface area contributed by atoms with Crippen LogP contribution in [0, 0.1) is 0 Å². The SMILES string of the molecule is COCC[C@H](C(=O)NO)N(Cc1cccnc1)S(=O)(=O)c1ccc(O)cc1. The number of hydroxylamine groups is 1. The number of phenols is 1. The second-order valence-electron chi connectivity index (χ2n) is 5.68. The maximum absolute atomic E-state index is 13.2. The Morgan fingerprint density at radius 3 is 2.56 bits per heavy atom. The third-order valence-electron chi connectivity index (χ3n) is 3.86. The van der Waals surface area contributed by atoms with Crippen LogP contribution in [0.25, 0.3) is 0 Å². The Hall–Kier alpha value is -2.53. The van der Waals surface area contributed by atoms with Gasteiger partial charge in [0.05, 0.1) is 4.90 Å². The van der Waals surface area contributed by atoms with Gasteiger partial charge in [0.15, 0.2) is 0 Å². The number of hydrogen-bond acceptors (Lipinski definition) is 7. The molecule has 9 nitrogen and oxygen atoms in total. The third-order valence-corrected chi connectivity index (χ3v) is 5.73. The Kier molecular flexibility index (Phi) is 7.25. The number of rotatable bonds is 9. The van der Waals surface area contributed by atoms with Crippen LogP contribution in [0.5, 0.6) is 5.75 Å². The van der Waals surface area contributed by atoms with Crippen LogP contribution in [-0.2, 0) is 26.1 Å². The summed E-state index contributed by atoms with van der Waals surface area (Å²) in [6.45, 7) is -0.0361. The lowest BCUT2D eigenvalue weighted by molar-refractivity contribution is -0.133. The van der Waals surface area contributed by atoms with Gasteiger partial charge in [-0.25, -0.2) is 13.9 Å². The second kappa shape index (κ2) is 9.42. The minimum absolute atomic E-state index is 0.0282. The second-order valence-corrected chi connectivity index (χ2v) is 7.57. The molecule has 0 radical (unpaired) electrons. The van der Waals surface area contributed by atoms with E-state index in [4.69, 9.17) is 9.94 Å². The standard InChI is InChI=1S/C17H21N3O6S/c1-26-10-8-16(17(22)19-23)20(12-13-3-2-9-18-11-13)27(24,25)15-6-4-14(21)5-7-15/h2-7,9,11,16,21,23H,8,10,12H2,1H3,(H,19,22)/t16-/m1/s1. The van der Waals surface area contributed by atoms with Crippen molar-refractivity contribution < 1.29 is 28.3 Å². The third kappa shape index (κ3) is 5.23. The van der Waals surface area contributed by atoms with Gasteiger partial charge in [0.25, 0.3) is 5.91 Å². The number of amides is 1. The zero-order valence-electron chi connectivity index (χ0n) is 14.6. The zero-order chi connectivity index (χ0) is 19.9. The number of carbonyl (C=O) groups excluding carboxylic acids is 1. The van der Waals surface area contributed by atoms with E-state index in [0.29, 0.717) is 5.56 Å². The van der Waals surface area contributed by atoms with Gasteiger partial charge in [-0.15, -0.1) is 0 Å². The predicted molar refractivity (Wildman–Crippen MR) is 95.3 cm³/mol. The van der Waals surface area contributed by atoms with Crippen LogP contribution in [0.1, 0.15) is 12.0 Å². The summed E-state index contributed by atoms with van der Waals surface area (Å²) in [6, 6.07) is 7.08. The van der Waals surface area contributed by atoms with Gasteiger partial charge in [-0.2, -0.15) is 4.31 Å². The summed E-state index contributed by atoms with van der Waals surface area (Å²) in [5.74, 6) is -0.963. The molecule has 1 atom stereocenters. The average Bonchev–Trinajstić information content (AvgIpc) is 2.68. The molecule has 0 saturated carbocycles. The molecule has 0 aliphatic carbocycles. The first-order valence-electron chi connectivity index (χ1n) is 8.02. The van der Waals surface area contributed by atoms with Crippen LogP contribution in [0.4, 0.5) is 0 Å². The number of nitrogens with zero attached hydrogens (tertiary/aromatic N) is 2. The van der Waals surface area contributed by atoms with E-state index in [1.807, 2.05) is 0 Å². The molecule has 1 aromatic heterocycles. The summed E-state index contributed by atoms with van der Waals surface area (Å²) in [6.07, 6.45) is 3.06. The van der Waals surface area contributed by atoms with Gasteiger partial charge in [-0.1, -0.05) is 6.07 Å². The Bertz CT molecular complexity index is 843. The van der Waals surface area contributed by atoms with E-state index in [1.54, 1.807) is 18.3 Å². The molecule has 0 unspecified atom stereocenters. The number of benzene rings is 1. The molecular weight excluding hydrogens is 374 g/mol. The van der Waals surface area contributed by atoms with Crippen molar-refractivity contribution >= 4 is 15.9 Å². The molecule has 27 heavy (non-hydrogen) atoms. The van der Waals surface area contributed by atoms with Crippen molar-refractivity contribution in [1.29, 1.82) is 0 Å². The molecule has 1 amide bonds. The summed E-state index contributed by atoms with van der Waals surface area (Å²) >= 11 is 0. The number of hydrogen-bond donors (Lipinski definition) is 3. The molecule has 0 spiro atoms. The lowest BCUT2D eigenvalue weighted by atomic mass is 10.2. The minimum atomic E-state index is -4.13. The maximum Gasteiger partial charge on any atom is 0.261 e. The number of ether oxygens (including phenoxy) is 1. The van der Waals surface area contributed by atoms with Crippen LogP contribution < -0.4 is 5.48 Å². The quantitative estimate of drug-likeness (QED) is 0.425. The van der Waals surface area contributed by atoms with Crippen LogP contribution >= 0.6 is 0 Å². The largest absolute Gasteiger partial charge is 0.508 e. The molecule has 0 aliphatic heterocycles. The van der Waals surface area contributed by atoms with Crippen molar-refractivity contribution in [2.45, 2.75) is 23.9 Å². The summed E-state index contributed by atoms with van der Waals surface area (Å²) in [5, 5.41) is 18.5. The summed E-state index contributed by atoms with van der Waals surface area (Å²) in [7, 11) is -2.71. The topological polar surface area (TPSA) is 129 Å². The highest BCUT2D eigenvalue weighted by Crippen LogP contribution is 2.24. The normalized spacial score (nSPS) is 12.7. The lowest BCUT2D eigenvalue weighted by Crippen LogP contribution is -2.49. The molecule has 0 saturated heterocycles. The number of carbonyl (C=O) groups is 1. The number of aromatic nitrogens is 1. The van der Waals surface area contributed by atoms with E-state index in [2.05, 4.69) is 4.98 Å². The smallest absolute Gasteiger partial charge is 0.261 e. The lowest BCUT2D eigenvalue weighted by Gasteiger charge is -2.29. The Morgan fingerprint density at radius 1 is 1.30 bits per heavy atom. The number of pyridine rings is 1. The average molecular weight is 395 g/mol. The van der Waals surface area contributed by atoms with Gasteiger partial charge >= 0.3 is 0 Å². The first-order valence-corrected chi connectivity index (χ1v) is 9.47. The van der Waals surface area contributed by atoms with Gasteiger partial charge in [0, 0.05) is 32.7 Å². The van der Waals surface area contributed by atoms with E-state index in [-0.39, 0.29) is 30.2 Å². The van der Waals surface area contributed by atoms with Gasteiger partial charge < -0.3 is 9.84 Å². The van der Waals surface area contributed by atoms with Crippen LogP contribution in [0.3, 0.4) is 0 Å². The van der Waals surface area contributed by atoms with Crippen LogP contribution in [-0.4, -0.2) is 53.7 Å². The van der Waals surface area contributed by atoms with Gasteiger partial charge in [-0.3, -0.25) is 15.0 Å². The minimum Gasteiger partial charge on any atom is -0.508 e. The Morgan fingerprint density at radius 2 is 2.00 bits per heavy atom. The molecule has 1 heterocycles. The first-order chi connectivity index (χ1) is 12.9. The highest BCUT2D eigenvalue weighted by atomic mass is 32.2. The molecular formula is C17H21N3O6S. The first kappa shape index (κ1) is 20.8. The predicted octanol–water partition coefficient (Wildman–Crippen LogP) is 0.889. The molecule has 0 bridgehead atoms. The number of nitrogens with one attached hydrogen (secondary N) is 1. The van der Waals surface area contributed by atoms with Crippen molar-refractivity contribution in [3.05, 3.63) is 54.4 Å². The van der Waals surface area contributed by atoms with Gasteiger partial charge in [0.1, 0.15) is 11.8 Å². The van der Waals surface area contributed by atoms with Crippen LogP contribution in [0.15, 0.2) is 53.7 Å². The number of aromatic hydroxyl groups is 1. The van der Waals surface area contributed by atoms with Crippen molar-refractivity contribution in [2.24, 2.45) is 0 Å². The van der Waals surface area contributed by atoms with E-state index in [1.165, 1.54) is 43.1 Å². The molecule has 1 aromatic carbocycles. The van der Waals surface area contributed by atoms with Crippen molar-refractivity contribution in [1.82, 2.24) is 14.8 Å². The zero-order valence-corrected chi connectivity index (χ0v) is 15.5. The molecule has 0 fully saturated rings. The fraction of sp³-hybridized carbons (Fsp3) is 0.294. The highest BCUT2D eigenvalue weighted by molar-refractivity contribution is 7.89. The monoisotopic (exact) mass is 395 g/mol. The fourth-order valence-corrected chi connectivity index (χ4v) is 4.10. The van der Waals surface area contributed by atoms with Crippen molar-refractivity contribution in [3.8, 4) is 5.75 Å². The van der Waals surface area contributed by atoms with Crippen LogP contribution in [0.2, 0.25) is 0 Å². The highest BCUT2D eigenvalue weighted by Gasteiger charge is 2.36. The Balaban J connectivity index is 2.49. The number of phenolic OH excluding ortho intramolecular Hbond substituents is 1. The van der Waals surface area contributed by atoms with E-state index >= 15 is 0 Å². The van der Waals surface area contributed by atoms with Gasteiger partial charge in [0.2, 0.25) is 10.0 Å². The summed E-state index contributed by atoms with van der Waals surface area (Å²) in [5.41, 5.74) is 2.08. The van der Waals surface area contributed by atoms with E-state index in [9.17, 15) is 18.3 Å². The summed E-state index contributed by atoms with van der Waals surface area (Å²) in [4.78, 5) is 16.1. The van der Waals surface area contributed by atoms with E-state index < -0.39 is 22.0 Å². The molecule has 3 N–H and O–H groups in total. The number of sulfonamides is 1.